The molecule has 0 unspecified atom stereocenters. The SMILES string of the molecule is CCOC(=O)c1ccc(NC(=O)c2cc(Cl)cc(Cl)c2)c(I)c1. The van der Waals surface area contributed by atoms with Crippen molar-refractivity contribution in [1.82, 2.24) is 0 Å². The summed E-state index contributed by atoms with van der Waals surface area (Å²) in [7, 11) is 0. The quantitative estimate of drug-likeness (QED) is 0.511. The average Bonchev–Trinajstić information content (AvgIpc) is 2.48. The molecule has 0 bridgehead atoms. The second-order valence-corrected chi connectivity index (χ2v) is 6.56. The number of esters is 1. The van der Waals surface area contributed by atoms with Crippen molar-refractivity contribution in [2.45, 2.75) is 6.92 Å². The maximum Gasteiger partial charge on any atom is 0.338 e. The van der Waals surface area contributed by atoms with Crippen LogP contribution in [-0.4, -0.2) is 18.5 Å². The third-order valence-electron chi connectivity index (χ3n) is 2.85. The monoisotopic (exact) mass is 463 g/mol. The van der Waals surface area contributed by atoms with Crippen molar-refractivity contribution in [2.24, 2.45) is 0 Å². The number of anilines is 1. The highest BCUT2D eigenvalue weighted by molar-refractivity contribution is 14.1. The summed E-state index contributed by atoms with van der Waals surface area (Å²) in [6, 6.07) is 9.51. The normalized spacial score (nSPS) is 10.3. The molecule has 4 nitrogen and oxygen atoms in total. The van der Waals surface area contributed by atoms with Crippen LogP contribution in [0.25, 0.3) is 0 Å². The van der Waals surface area contributed by atoms with E-state index in [1.807, 2.05) is 22.6 Å². The lowest BCUT2D eigenvalue weighted by Crippen LogP contribution is -2.13. The number of hydrogen-bond donors (Lipinski definition) is 1. The summed E-state index contributed by atoms with van der Waals surface area (Å²) in [5, 5.41) is 3.53. The van der Waals surface area contributed by atoms with E-state index in [2.05, 4.69) is 5.32 Å². The zero-order valence-electron chi connectivity index (χ0n) is 12.0. The maximum atomic E-state index is 12.3. The summed E-state index contributed by atoms with van der Waals surface area (Å²) >= 11 is 13.8. The summed E-state index contributed by atoms with van der Waals surface area (Å²) in [4.78, 5) is 24.0. The molecular formula is C16H12Cl2INO3. The van der Waals surface area contributed by atoms with Gasteiger partial charge in [0.1, 0.15) is 0 Å². The lowest BCUT2D eigenvalue weighted by atomic mass is 10.2. The molecule has 0 saturated heterocycles. The highest BCUT2D eigenvalue weighted by atomic mass is 127. The number of rotatable bonds is 4. The number of benzene rings is 2. The fourth-order valence-corrected chi connectivity index (χ4v) is 3.01. The van der Waals surface area contributed by atoms with Crippen molar-refractivity contribution in [2.75, 3.05) is 11.9 Å². The first-order valence-electron chi connectivity index (χ1n) is 6.65. The Labute approximate surface area is 157 Å². The molecule has 0 aliphatic heterocycles. The molecule has 0 aromatic heterocycles. The Hall–Kier alpha value is -1.31. The summed E-state index contributed by atoms with van der Waals surface area (Å²) in [5.41, 5.74) is 1.37. The second-order valence-electron chi connectivity index (χ2n) is 4.53. The maximum absolute atomic E-state index is 12.3. The molecular weight excluding hydrogens is 452 g/mol. The molecule has 0 saturated carbocycles. The average molecular weight is 464 g/mol. The fraction of sp³-hybridized carbons (Fsp3) is 0.125. The number of carbonyl (C=O) groups is 2. The number of carbonyl (C=O) groups excluding carboxylic acids is 2. The zero-order valence-corrected chi connectivity index (χ0v) is 15.7. The van der Waals surface area contributed by atoms with Gasteiger partial charge in [-0.2, -0.15) is 0 Å². The highest BCUT2D eigenvalue weighted by Crippen LogP contribution is 2.23. The number of hydrogen-bond acceptors (Lipinski definition) is 3. The summed E-state index contributed by atoms with van der Waals surface area (Å²) in [6.45, 7) is 2.05. The Morgan fingerprint density at radius 3 is 2.30 bits per heavy atom. The molecule has 120 valence electrons. The largest absolute Gasteiger partial charge is 0.462 e. The summed E-state index contributed by atoms with van der Waals surface area (Å²) in [5.74, 6) is -0.735. The van der Waals surface area contributed by atoms with Crippen LogP contribution in [0.2, 0.25) is 10.0 Å². The Morgan fingerprint density at radius 1 is 1.09 bits per heavy atom. The molecule has 2 aromatic carbocycles. The predicted octanol–water partition coefficient (Wildman–Crippen LogP) is 5.03. The van der Waals surface area contributed by atoms with Crippen molar-refractivity contribution in [3.05, 3.63) is 61.1 Å². The molecule has 0 heterocycles. The van der Waals surface area contributed by atoms with Crippen LogP contribution in [-0.2, 0) is 4.74 Å². The van der Waals surface area contributed by atoms with Gasteiger partial charge in [-0.05, 0) is 65.9 Å². The molecule has 0 atom stereocenters. The van der Waals surface area contributed by atoms with Crippen LogP contribution in [0, 0.1) is 3.57 Å². The van der Waals surface area contributed by atoms with Crippen LogP contribution >= 0.6 is 45.8 Å². The Kier molecular flexibility index (Phi) is 6.26. The van der Waals surface area contributed by atoms with E-state index in [0.717, 1.165) is 3.57 Å². The van der Waals surface area contributed by atoms with E-state index in [0.29, 0.717) is 33.5 Å². The molecule has 2 aromatic rings. The van der Waals surface area contributed by atoms with E-state index >= 15 is 0 Å². The molecule has 23 heavy (non-hydrogen) atoms. The van der Waals surface area contributed by atoms with Gasteiger partial charge in [0, 0.05) is 19.2 Å². The number of ether oxygens (including phenoxy) is 1. The number of amides is 1. The van der Waals surface area contributed by atoms with E-state index in [9.17, 15) is 9.59 Å². The standard InChI is InChI=1S/C16H12Cl2INO3/c1-2-23-16(22)9-3-4-14(13(19)7-9)20-15(21)10-5-11(17)8-12(18)6-10/h3-8H,2H2,1H3,(H,20,21). The fourth-order valence-electron chi connectivity index (χ4n) is 1.84. The van der Waals surface area contributed by atoms with Gasteiger partial charge in [0.15, 0.2) is 0 Å². The van der Waals surface area contributed by atoms with Gasteiger partial charge in [0.2, 0.25) is 0 Å². The smallest absolute Gasteiger partial charge is 0.338 e. The first-order chi connectivity index (χ1) is 10.9. The van der Waals surface area contributed by atoms with Gasteiger partial charge in [-0.25, -0.2) is 4.79 Å². The van der Waals surface area contributed by atoms with Gasteiger partial charge in [-0.1, -0.05) is 23.2 Å². The molecule has 0 aliphatic carbocycles. The van der Waals surface area contributed by atoms with E-state index in [1.165, 1.54) is 12.1 Å². The van der Waals surface area contributed by atoms with E-state index < -0.39 is 5.97 Å². The van der Waals surface area contributed by atoms with Gasteiger partial charge < -0.3 is 10.1 Å². The molecule has 7 heteroatoms. The van der Waals surface area contributed by atoms with Gasteiger partial charge >= 0.3 is 5.97 Å². The van der Waals surface area contributed by atoms with Crippen LogP contribution in [0.4, 0.5) is 5.69 Å². The minimum Gasteiger partial charge on any atom is -0.462 e. The first kappa shape index (κ1) is 18.0. The lowest BCUT2D eigenvalue weighted by Gasteiger charge is -2.10. The zero-order chi connectivity index (χ0) is 17.0. The first-order valence-corrected chi connectivity index (χ1v) is 8.48. The van der Waals surface area contributed by atoms with Crippen molar-refractivity contribution < 1.29 is 14.3 Å². The molecule has 0 aliphatic rings. The van der Waals surface area contributed by atoms with E-state index in [4.69, 9.17) is 27.9 Å². The third kappa shape index (κ3) is 4.83. The Morgan fingerprint density at radius 2 is 1.74 bits per heavy atom. The van der Waals surface area contributed by atoms with Crippen molar-refractivity contribution in [3.63, 3.8) is 0 Å². The van der Waals surface area contributed by atoms with Gasteiger partial charge in [-0.15, -0.1) is 0 Å². The van der Waals surface area contributed by atoms with Crippen LogP contribution in [0.1, 0.15) is 27.6 Å². The molecule has 0 radical (unpaired) electrons. The van der Waals surface area contributed by atoms with Crippen LogP contribution in [0.5, 0.6) is 0 Å². The second kappa shape index (κ2) is 7.99. The van der Waals surface area contributed by atoms with Gasteiger partial charge in [0.05, 0.1) is 17.9 Å². The minimum atomic E-state index is -0.398. The molecule has 2 rings (SSSR count). The van der Waals surface area contributed by atoms with Crippen molar-refractivity contribution in [3.8, 4) is 0 Å². The summed E-state index contributed by atoms with van der Waals surface area (Å²) in [6.07, 6.45) is 0. The van der Waals surface area contributed by atoms with Gasteiger partial charge in [-0.3, -0.25) is 4.79 Å². The number of halogens is 3. The highest BCUT2D eigenvalue weighted by Gasteiger charge is 2.13. The van der Waals surface area contributed by atoms with Crippen molar-refractivity contribution in [1.29, 1.82) is 0 Å². The van der Waals surface area contributed by atoms with Gasteiger partial charge in [0.25, 0.3) is 5.91 Å². The third-order valence-corrected chi connectivity index (χ3v) is 4.18. The Balaban J connectivity index is 2.19. The van der Waals surface area contributed by atoms with Crippen LogP contribution < -0.4 is 5.32 Å². The lowest BCUT2D eigenvalue weighted by molar-refractivity contribution is 0.0526. The number of nitrogens with one attached hydrogen (secondary N) is 1. The van der Waals surface area contributed by atoms with Crippen LogP contribution in [0.15, 0.2) is 36.4 Å². The Bertz CT molecular complexity index is 745. The molecule has 1 amide bonds. The molecule has 0 spiro atoms. The minimum absolute atomic E-state index is 0.309. The van der Waals surface area contributed by atoms with Crippen molar-refractivity contribution >= 4 is 63.4 Å². The van der Waals surface area contributed by atoms with Crippen LogP contribution in [0.3, 0.4) is 0 Å². The van der Waals surface area contributed by atoms with E-state index in [-0.39, 0.29) is 5.91 Å². The predicted molar refractivity (Wildman–Crippen MR) is 99.5 cm³/mol. The topological polar surface area (TPSA) is 55.4 Å². The molecule has 1 N–H and O–H groups in total. The molecule has 0 fully saturated rings. The summed E-state index contributed by atoms with van der Waals surface area (Å²) < 4.78 is 5.66. The van der Waals surface area contributed by atoms with E-state index in [1.54, 1.807) is 31.2 Å².